The van der Waals surface area contributed by atoms with Crippen molar-refractivity contribution in [2.24, 2.45) is 0 Å². The molecule has 1 aromatic heterocycles. The van der Waals surface area contributed by atoms with Gasteiger partial charge in [0.2, 0.25) is 15.9 Å². The summed E-state index contributed by atoms with van der Waals surface area (Å²) >= 11 is 0. The van der Waals surface area contributed by atoms with Gasteiger partial charge in [0.1, 0.15) is 0 Å². The van der Waals surface area contributed by atoms with Gasteiger partial charge in [0.15, 0.2) is 5.82 Å². The van der Waals surface area contributed by atoms with Gasteiger partial charge in [0.25, 0.3) is 5.91 Å². The van der Waals surface area contributed by atoms with Crippen LogP contribution >= 0.6 is 0 Å². The summed E-state index contributed by atoms with van der Waals surface area (Å²) in [6, 6.07) is 4.65. The van der Waals surface area contributed by atoms with E-state index in [1.54, 1.807) is 32.9 Å². The highest BCUT2D eigenvalue weighted by atomic mass is 32.2. The van der Waals surface area contributed by atoms with Crippen LogP contribution in [-0.4, -0.2) is 41.9 Å². The third kappa shape index (κ3) is 4.77. The normalized spacial score (nSPS) is 12.4. The topological polar surface area (TPSA) is 105 Å². The Morgan fingerprint density at radius 1 is 1.21 bits per heavy atom. The van der Waals surface area contributed by atoms with Gasteiger partial charge in [0, 0.05) is 24.1 Å². The highest BCUT2D eigenvalue weighted by Crippen LogP contribution is 2.22. The van der Waals surface area contributed by atoms with Crippen LogP contribution < -0.4 is 5.32 Å². The van der Waals surface area contributed by atoms with Crippen LogP contribution in [0.2, 0.25) is 0 Å². The Bertz CT molecular complexity index is 941. The van der Waals surface area contributed by atoms with E-state index in [9.17, 15) is 13.2 Å². The minimum Gasteiger partial charge on any atom is -0.345 e. The number of amides is 1. The zero-order valence-electron chi connectivity index (χ0n) is 17.2. The Labute approximate surface area is 166 Å². The van der Waals surface area contributed by atoms with Crippen molar-refractivity contribution < 1.29 is 17.7 Å². The molecule has 0 aliphatic carbocycles. The average Bonchev–Trinajstić information content (AvgIpc) is 3.10. The van der Waals surface area contributed by atoms with Gasteiger partial charge in [-0.25, -0.2) is 8.42 Å². The number of benzene rings is 1. The molecule has 1 heterocycles. The number of nitrogens with one attached hydrogen (secondary N) is 1. The minimum absolute atomic E-state index is 0.0877. The predicted molar refractivity (Wildman–Crippen MR) is 105 cm³/mol. The van der Waals surface area contributed by atoms with Crippen LogP contribution in [0.25, 0.3) is 0 Å². The van der Waals surface area contributed by atoms with E-state index < -0.39 is 15.9 Å². The molecule has 1 aromatic carbocycles. The van der Waals surface area contributed by atoms with Gasteiger partial charge in [-0.15, -0.1) is 0 Å². The maximum Gasteiger partial charge on any atom is 0.251 e. The lowest BCUT2D eigenvalue weighted by molar-refractivity contribution is 0.0949. The monoisotopic (exact) mass is 408 g/mol. The largest absolute Gasteiger partial charge is 0.345 e. The summed E-state index contributed by atoms with van der Waals surface area (Å²) in [6.45, 7) is 11.9. The molecule has 0 aliphatic rings. The lowest BCUT2D eigenvalue weighted by Gasteiger charge is -2.20. The number of carbonyl (C=O) groups is 1. The van der Waals surface area contributed by atoms with Crippen LogP contribution in [0.15, 0.2) is 27.6 Å². The van der Waals surface area contributed by atoms with E-state index >= 15 is 0 Å². The molecule has 1 N–H and O–H groups in total. The molecule has 28 heavy (non-hydrogen) atoms. The maximum atomic E-state index is 12.8. The summed E-state index contributed by atoms with van der Waals surface area (Å²) in [5.74, 6) is 0.444. The predicted octanol–water partition coefficient (Wildman–Crippen LogP) is 2.64. The van der Waals surface area contributed by atoms with Gasteiger partial charge >= 0.3 is 0 Å². The van der Waals surface area contributed by atoms with Gasteiger partial charge in [-0.1, -0.05) is 45.8 Å². The molecule has 0 bridgehead atoms. The van der Waals surface area contributed by atoms with E-state index in [1.165, 1.54) is 10.4 Å². The lowest BCUT2D eigenvalue weighted by atomic mass is 9.97. The number of hydrogen-bond donors (Lipinski definition) is 1. The second kappa shape index (κ2) is 8.40. The number of aryl methyl sites for hydroxylation is 1. The first-order valence-electron chi connectivity index (χ1n) is 9.22. The van der Waals surface area contributed by atoms with Gasteiger partial charge < -0.3 is 9.84 Å². The zero-order valence-corrected chi connectivity index (χ0v) is 18.1. The number of carbonyl (C=O) groups excluding carboxylic acids is 1. The highest BCUT2D eigenvalue weighted by molar-refractivity contribution is 7.89. The van der Waals surface area contributed by atoms with Crippen LogP contribution in [0, 0.1) is 6.92 Å². The summed E-state index contributed by atoms with van der Waals surface area (Å²) in [7, 11) is -3.65. The molecule has 0 spiro atoms. The molecular formula is C19H28N4O4S. The van der Waals surface area contributed by atoms with E-state index in [-0.39, 0.29) is 22.4 Å². The van der Waals surface area contributed by atoms with Crippen molar-refractivity contribution in [3.05, 3.63) is 41.0 Å². The summed E-state index contributed by atoms with van der Waals surface area (Å²) in [5.41, 5.74) is 0.576. The minimum atomic E-state index is -3.65. The summed E-state index contributed by atoms with van der Waals surface area (Å²) < 4.78 is 32.2. The molecule has 0 saturated carbocycles. The fourth-order valence-corrected chi connectivity index (χ4v) is 4.32. The van der Waals surface area contributed by atoms with Crippen LogP contribution in [0.1, 0.15) is 62.3 Å². The molecule has 9 heteroatoms. The molecule has 0 atom stereocenters. The maximum absolute atomic E-state index is 12.8. The fourth-order valence-electron chi connectivity index (χ4n) is 2.61. The molecule has 0 unspecified atom stereocenters. The van der Waals surface area contributed by atoms with Crippen molar-refractivity contribution in [1.82, 2.24) is 19.8 Å². The van der Waals surface area contributed by atoms with Crippen molar-refractivity contribution in [3.63, 3.8) is 0 Å². The van der Waals surface area contributed by atoms with E-state index in [4.69, 9.17) is 4.52 Å². The third-order valence-electron chi connectivity index (χ3n) is 4.29. The highest BCUT2D eigenvalue weighted by Gasteiger charge is 2.25. The Morgan fingerprint density at radius 3 is 2.39 bits per heavy atom. The average molecular weight is 409 g/mol. The first-order valence-corrected chi connectivity index (χ1v) is 10.7. The second-order valence-corrected chi connectivity index (χ2v) is 9.42. The molecule has 8 nitrogen and oxygen atoms in total. The SMILES string of the molecule is CCN(CC)S(=O)(=O)c1cc(C(=O)NCc2noc(C(C)(C)C)n2)ccc1C. The molecule has 2 aromatic rings. The molecule has 0 fully saturated rings. The molecular weight excluding hydrogens is 380 g/mol. The zero-order chi connectivity index (χ0) is 21.1. The smallest absolute Gasteiger partial charge is 0.251 e. The van der Waals surface area contributed by atoms with E-state index in [1.807, 2.05) is 20.8 Å². The second-order valence-electron chi connectivity index (χ2n) is 7.52. The number of sulfonamides is 1. The number of nitrogens with zero attached hydrogens (tertiary/aromatic N) is 3. The summed E-state index contributed by atoms with van der Waals surface area (Å²) in [4.78, 5) is 16.9. The van der Waals surface area contributed by atoms with Crippen LogP contribution in [0.3, 0.4) is 0 Å². The van der Waals surface area contributed by atoms with Crippen molar-refractivity contribution in [3.8, 4) is 0 Å². The van der Waals surface area contributed by atoms with Crippen LogP contribution in [0.4, 0.5) is 0 Å². The summed E-state index contributed by atoms with van der Waals surface area (Å²) in [6.07, 6.45) is 0. The van der Waals surface area contributed by atoms with Gasteiger partial charge in [-0.05, 0) is 24.6 Å². The molecule has 0 aliphatic heterocycles. The van der Waals surface area contributed by atoms with Gasteiger partial charge in [-0.2, -0.15) is 9.29 Å². The van der Waals surface area contributed by atoms with E-state index in [0.717, 1.165) is 0 Å². The van der Waals surface area contributed by atoms with E-state index in [0.29, 0.717) is 30.4 Å². The number of rotatable bonds is 7. The molecule has 1 amide bonds. The Morgan fingerprint density at radius 2 is 1.86 bits per heavy atom. The number of hydrogen-bond acceptors (Lipinski definition) is 6. The summed E-state index contributed by atoms with van der Waals surface area (Å²) in [5, 5.41) is 6.56. The van der Waals surface area contributed by atoms with Gasteiger partial charge in [0.05, 0.1) is 11.4 Å². The Balaban J connectivity index is 2.20. The Kier molecular flexibility index (Phi) is 6.61. The quantitative estimate of drug-likeness (QED) is 0.755. The van der Waals surface area contributed by atoms with Crippen LogP contribution in [-0.2, 0) is 22.0 Å². The molecule has 0 radical (unpaired) electrons. The van der Waals surface area contributed by atoms with Crippen molar-refractivity contribution in [2.75, 3.05) is 13.1 Å². The fraction of sp³-hybridized carbons (Fsp3) is 0.526. The van der Waals surface area contributed by atoms with Crippen molar-refractivity contribution in [2.45, 2.75) is 58.4 Å². The van der Waals surface area contributed by atoms with Crippen molar-refractivity contribution >= 4 is 15.9 Å². The standard InChI is InChI=1S/C19H28N4O4S/c1-7-23(8-2)28(25,26)15-11-14(10-9-13(15)3)17(24)20-12-16-21-18(27-22-16)19(4,5)6/h9-11H,7-8,12H2,1-6H3,(H,20,24). The molecule has 2 rings (SSSR count). The number of aromatic nitrogens is 2. The molecule has 0 saturated heterocycles. The van der Waals surface area contributed by atoms with E-state index in [2.05, 4.69) is 15.5 Å². The van der Waals surface area contributed by atoms with Crippen LogP contribution in [0.5, 0.6) is 0 Å². The van der Waals surface area contributed by atoms with Gasteiger partial charge in [-0.3, -0.25) is 4.79 Å². The first-order chi connectivity index (χ1) is 13.0. The first kappa shape index (κ1) is 22.0. The van der Waals surface area contributed by atoms with Crippen molar-refractivity contribution in [1.29, 1.82) is 0 Å². The lowest BCUT2D eigenvalue weighted by Crippen LogP contribution is -2.31. The third-order valence-corrected chi connectivity index (χ3v) is 6.48. The molecule has 154 valence electrons. The Hall–Kier alpha value is -2.26.